The van der Waals surface area contributed by atoms with E-state index < -0.39 is 5.60 Å². The predicted octanol–water partition coefficient (Wildman–Crippen LogP) is 5.21. The first kappa shape index (κ1) is 22.1. The number of allylic oxidation sites excluding steroid dienone is 3. The van der Waals surface area contributed by atoms with E-state index >= 15 is 0 Å². The van der Waals surface area contributed by atoms with Crippen molar-refractivity contribution in [3.63, 3.8) is 0 Å². The highest BCUT2D eigenvalue weighted by Gasteiger charge is 2.40. The molecule has 2 rings (SSSR count). The first-order chi connectivity index (χ1) is 13.1. The normalized spacial score (nSPS) is 18.9. The number of carbonyl (C=O) groups excluding carboxylic acids is 1. The van der Waals surface area contributed by atoms with Crippen LogP contribution in [-0.2, 0) is 11.2 Å². The Morgan fingerprint density at radius 3 is 2.46 bits per heavy atom. The summed E-state index contributed by atoms with van der Waals surface area (Å²) in [6.07, 6.45) is 7.66. The molecule has 1 aliphatic rings. The zero-order valence-corrected chi connectivity index (χ0v) is 18.5. The van der Waals surface area contributed by atoms with Gasteiger partial charge in [-0.15, -0.1) is 0 Å². The molecular formula is C24H35NO3. The number of phenolic OH excluding ortho intramolecular Hbond substituents is 1. The number of benzene rings is 1. The molecular weight excluding hydrogens is 350 g/mol. The molecule has 1 aliphatic heterocycles. The van der Waals surface area contributed by atoms with Crippen molar-refractivity contribution in [2.24, 2.45) is 0 Å². The highest BCUT2D eigenvalue weighted by atomic mass is 16.5. The molecule has 0 saturated heterocycles. The number of hydrogen-bond donors (Lipinski definition) is 2. The Labute approximate surface area is 169 Å². The lowest BCUT2D eigenvalue weighted by Gasteiger charge is -2.36. The maximum atomic E-state index is 12.8. The monoisotopic (exact) mass is 385 g/mol. The molecule has 28 heavy (non-hydrogen) atoms. The number of rotatable bonds is 6. The van der Waals surface area contributed by atoms with Crippen molar-refractivity contribution >= 4 is 5.91 Å². The predicted molar refractivity (Wildman–Crippen MR) is 115 cm³/mol. The Kier molecular flexibility index (Phi) is 6.97. The van der Waals surface area contributed by atoms with Gasteiger partial charge in [-0.05, 0) is 84.4 Å². The van der Waals surface area contributed by atoms with Gasteiger partial charge in [0.05, 0.1) is 0 Å². The second kappa shape index (κ2) is 8.85. The summed E-state index contributed by atoms with van der Waals surface area (Å²) in [5, 5.41) is 13.3. The summed E-state index contributed by atoms with van der Waals surface area (Å²) < 4.78 is 6.23. The molecule has 1 aromatic carbocycles. The van der Waals surface area contributed by atoms with Crippen LogP contribution in [0.3, 0.4) is 0 Å². The van der Waals surface area contributed by atoms with E-state index in [-0.39, 0.29) is 5.91 Å². The van der Waals surface area contributed by atoms with E-state index in [2.05, 4.69) is 38.2 Å². The fourth-order valence-corrected chi connectivity index (χ4v) is 3.60. The molecule has 1 aromatic rings. The SMILES string of the molecule is CC(C)=CCCC(C)=CCNC(=O)C1(C)CCc2c(C)c(O)c(C)c(C)c2O1. The number of carbonyl (C=O) groups is 1. The van der Waals surface area contributed by atoms with Gasteiger partial charge in [-0.2, -0.15) is 0 Å². The van der Waals surface area contributed by atoms with Crippen molar-refractivity contribution < 1.29 is 14.6 Å². The van der Waals surface area contributed by atoms with Gasteiger partial charge in [-0.3, -0.25) is 4.79 Å². The molecule has 2 N–H and O–H groups in total. The number of nitrogens with one attached hydrogen (secondary N) is 1. The second-order valence-corrected chi connectivity index (χ2v) is 8.44. The van der Waals surface area contributed by atoms with Crippen LogP contribution in [0.2, 0.25) is 0 Å². The topological polar surface area (TPSA) is 58.6 Å². The highest BCUT2D eigenvalue weighted by Crippen LogP contribution is 2.43. The van der Waals surface area contributed by atoms with Gasteiger partial charge in [0.1, 0.15) is 11.5 Å². The molecule has 0 radical (unpaired) electrons. The number of ether oxygens (including phenoxy) is 1. The van der Waals surface area contributed by atoms with Crippen LogP contribution in [0.4, 0.5) is 0 Å². The first-order valence-corrected chi connectivity index (χ1v) is 10.1. The van der Waals surface area contributed by atoms with Crippen LogP contribution in [0.1, 0.15) is 69.2 Å². The van der Waals surface area contributed by atoms with E-state index in [1.165, 1.54) is 11.1 Å². The van der Waals surface area contributed by atoms with E-state index in [0.29, 0.717) is 18.7 Å². The van der Waals surface area contributed by atoms with Gasteiger partial charge in [-0.1, -0.05) is 23.3 Å². The minimum Gasteiger partial charge on any atom is -0.507 e. The Morgan fingerprint density at radius 1 is 1.14 bits per heavy atom. The Morgan fingerprint density at radius 2 is 1.82 bits per heavy atom. The zero-order chi connectivity index (χ0) is 21.1. The molecule has 1 amide bonds. The summed E-state index contributed by atoms with van der Waals surface area (Å²) >= 11 is 0. The lowest BCUT2D eigenvalue weighted by Crippen LogP contribution is -2.51. The minimum absolute atomic E-state index is 0.0886. The molecule has 0 saturated carbocycles. The van der Waals surface area contributed by atoms with Crippen LogP contribution >= 0.6 is 0 Å². The summed E-state index contributed by atoms with van der Waals surface area (Å²) in [4.78, 5) is 12.8. The van der Waals surface area contributed by atoms with Crippen LogP contribution in [0.15, 0.2) is 23.3 Å². The Balaban J connectivity index is 2.05. The number of aromatic hydroxyl groups is 1. The number of amides is 1. The molecule has 1 heterocycles. The zero-order valence-electron chi connectivity index (χ0n) is 18.5. The van der Waals surface area contributed by atoms with Crippen LogP contribution in [0.5, 0.6) is 11.5 Å². The van der Waals surface area contributed by atoms with E-state index in [1.54, 1.807) is 0 Å². The quantitative estimate of drug-likeness (QED) is 0.661. The number of phenols is 1. The van der Waals surface area contributed by atoms with Crippen molar-refractivity contribution in [2.75, 3.05) is 6.54 Å². The first-order valence-electron chi connectivity index (χ1n) is 10.1. The fourth-order valence-electron chi connectivity index (χ4n) is 3.60. The molecule has 1 atom stereocenters. The molecule has 0 aliphatic carbocycles. The molecule has 4 heteroatoms. The van der Waals surface area contributed by atoms with Crippen molar-refractivity contribution in [2.45, 2.75) is 79.8 Å². The molecule has 4 nitrogen and oxygen atoms in total. The average Bonchev–Trinajstić information content (AvgIpc) is 2.64. The summed E-state index contributed by atoms with van der Waals surface area (Å²) in [5.74, 6) is 1.00. The third-order valence-electron chi connectivity index (χ3n) is 5.80. The van der Waals surface area contributed by atoms with Crippen molar-refractivity contribution in [3.05, 3.63) is 45.6 Å². The maximum absolute atomic E-state index is 12.8. The lowest BCUT2D eigenvalue weighted by molar-refractivity contribution is -0.136. The van der Waals surface area contributed by atoms with E-state index in [1.807, 2.05) is 27.7 Å². The van der Waals surface area contributed by atoms with Gasteiger partial charge in [0.2, 0.25) is 0 Å². The van der Waals surface area contributed by atoms with Crippen molar-refractivity contribution in [1.82, 2.24) is 5.32 Å². The van der Waals surface area contributed by atoms with Crippen LogP contribution < -0.4 is 10.1 Å². The van der Waals surface area contributed by atoms with Gasteiger partial charge in [0, 0.05) is 18.5 Å². The average molecular weight is 386 g/mol. The molecule has 0 fully saturated rings. The molecule has 0 bridgehead atoms. The number of fused-ring (bicyclic) bond motifs is 1. The smallest absolute Gasteiger partial charge is 0.264 e. The Bertz CT molecular complexity index is 816. The summed E-state index contributed by atoms with van der Waals surface area (Å²) in [6.45, 7) is 14.4. The molecule has 1 unspecified atom stereocenters. The van der Waals surface area contributed by atoms with Crippen LogP contribution in [-0.4, -0.2) is 23.2 Å². The Hall–Kier alpha value is -2.23. The minimum atomic E-state index is -0.891. The van der Waals surface area contributed by atoms with E-state index in [9.17, 15) is 9.90 Å². The number of hydrogen-bond acceptors (Lipinski definition) is 3. The third kappa shape index (κ3) is 4.78. The van der Waals surface area contributed by atoms with Gasteiger partial charge >= 0.3 is 0 Å². The van der Waals surface area contributed by atoms with E-state index in [4.69, 9.17) is 4.74 Å². The van der Waals surface area contributed by atoms with Gasteiger partial charge in [0.15, 0.2) is 5.60 Å². The van der Waals surface area contributed by atoms with E-state index in [0.717, 1.165) is 47.3 Å². The van der Waals surface area contributed by atoms with Gasteiger partial charge in [0.25, 0.3) is 5.91 Å². The molecule has 154 valence electrons. The second-order valence-electron chi connectivity index (χ2n) is 8.44. The van der Waals surface area contributed by atoms with Gasteiger partial charge in [-0.25, -0.2) is 0 Å². The lowest BCUT2D eigenvalue weighted by atomic mass is 9.86. The maximum Gasteiger partial charge on any atom is 0.264 e. The van der Waals surface area contributed by atoms with Gasteiger partial charge < -0.3 is 15.2 Å². The van der Waals surface area contributed by atoms with Crippen LogP contribution in [0, 0.1) is 20.8 Å². The van der Waals surface area contributed by atoms with Crippen molar-refractivity contribution in [1.29, 1.82) is 0 Å². The largest absolute Gasteiger partial charge is 0.507 e. The molecule has 0 aromatic heterocycles. The van der Waals surface area contributed by atoms with Crippen molar-refractivity contribution in [3.8, 4) is 11.5 Å². The summed E-state index contributed by atoms with van der Waals surface area (Å²) in [7, 11) is 0. The fraction of sp³-hybridized carbons (Fsp3) is 0.542. The highest BCUT2D eigenvalue weighted by molar-refractivity contribution is 5.86. The van der Waals surface area contributed by atoms with Crippen LogP contribution in [0.25, 0.3) is 0 Å². The standard InChI is InChI=1S/C24H35NO3/c1-15(2)9-8-10-16(3)12-14-25-23(27)24(7)13-11-20-19(6)21(26)17(4)18(5)22(20)28-24/h9,12,26H,8,10-11,13-14H2,1-7H3,(H,25,27). The summed E-state index contributed by atoms with van der Waals surface area (Å²) in [6, 6.07) is 0. The summed E-state index contributed by atoms with van der Waals surface area (Å²) in [5.41, 5.74) is 5.31. The third-order valence-corrected chi connectivity index (χ3v) is 5.80. The molecule has 0 spiro atoms.